The number of phosphoric ester groups is 2. The third-order valence-corrected chi connectivity index (χ3v) is 16.4. The minimum absolute atomic E-state index is 0.105. The summed E-state index contributed by atoms with van der Waals surface area (Å²) in [5, 5.41) is 10.5. The molecule has 0 aliphatic rings. The van der Waals surface area contributed by atoms with Crippen molar-refractivity contribution in [3.05, 3.63) is 0 Å². The Bertz CT molecular complexity index is 1600. The first-order valence-corrected chi connectivity index (χ1v) is 36.1. The average molecular weight is 1210 g/mol. The van der Waals surface area contributed by atoms with E-state index in [9.17, 15) is 43.2 Å². The van der Waals surface area contributed by atoms with E-state index in [4.69, 9.17) is 37.0 Å². The summed E-state index contributed by atoms with van der Waals surface area (Å²) in [6.45, 7) is 7.13. The molecule has 0 aromatic rings. The third-order valence-electron chi connectivity index (χ3n) is 14.5. The fourth-order valence-electron chi connectivity index (χ4n) is 9.41. The van der Waals surface area contributed by atoms with Crippen molar-refractivity contribution >= 4 is 39.5 Å². The standard InChI is InChI=1S/C63H122O17P2/c1-6-9-12-15-18-20-21-24-28-32-37-42-47-61(66)74-53-59(80-63(68)49-44-39-34-29-25-22-23-27-31-35-40-45-56(4)5)55-78-82(71,72)76-51-57(64)50-75-81(69,70)77-54-58(52-73-60(65)46-41-36-30-17-14-11-8-3)79-62(67)48-43-38-33-26-19-16-13-10-7-2/h56-59,64H,6-55H2,1-5H3,(H,69,70)(H,71,72)/t57-,58+,59+/m0/s1. The monoisotopic (exact) mass is 1210 g/mol. The molecule has 486 valence electrons. The van der Waals surface area contributed by atoms with Gasteiger partial charge in [-0.25, -0.2) is 9.13 Å². The molecule has 0 aliphatic carbocycles. The molecule has 0 saturated carbocycles. The van der Waals surface area contributed by atoms with Crippen LogP contribution in [-0.2, 0) is 65.4 Å². The molecule has 5 atom stereocenters. The maximum absolute atomic E-state index is 13.0. The average Bonchev–Trinajstić information content (AvgIpc) is 3.44. The molecule has 19 heteroatoms. The number of hydrogen-bond donors (Lipinski definition) is 3. The number of aliphatic hydroxyl groups excluding tert-OH is 1. The molecule has 0 aromatic heterocycles. The van der Waals surface area contributed by atoms with Gasteiger partial charge in [0.05, 0.1) is 26.4 Å². The first kappa shape index (κ1) is 80.1. The molecule has 0 amide bonds. The minimum Gasteiger partial charge on any atom is -0.462 e. The van der Waals surface area contributed by atoms with E-state index < -0.39 is 97.5 Å². The predicted molar refractivity (Wildman–Crippen MR) is 326 cm³/mol. The highest BCUT2D eigenvalue weighted by molar-refractivity contribution is 7.47. The van der Waals surface area contributed by atoms with Crippen molar-refractivity contribution in [2.75, 3.05) is 39.6 Å². The van der Waals surface area contributed by atoms with Crippen molar-refractivity contribution in [3.8, 4) is 0 Å². The first-order chi connectivity index (χ1) is 39.5. The number of aliphatic hydroxyl groups is 1. The number of carbonyl (C=O) groups is 4. The van der Waals surface area contributed by atoms with Crippen molar-refractivity contribution in [1.82, 2.24) is 0 Å². The summed E-state index contributed by atoms with van der Waals surface area (Å²) >= 11 is 0. The highest BCUT2D eigenvalue weighted by Gasteiger charge is 2.30. The molecule has 0 aromatic carbocycles. The summed E-state index contributed by atoms with van der Waals surface area (Å²) in [6.07, 6.45) is 40.3. The van der Waals surface area contributed by atoms with Gasteiger partial charge in [-0.2, -0.15) is 0 Å². The lowest BCUT2D eigenvalue weighted by molar-refractivity contribution is -0.161. The third kappa shape index (κ3) is 57.2. The minimum atomic E-state index is -4.94. The number of unbranched alkanes of at least 4 members (excludes halogenated alkanes) is 35. The van der Waals surface area contributed by atoms with Crippen molar-refractivity contribution in [2.24, 2.45) is 5.92 Å². The summed E-state index contributed by atoms with van der Waals surface area (Å²) in [6, 6.07) is 0. The molecule has 0 aliphatic heterocycles. The molecule has 17 nitrogen and oxygen atoms in total. The maximum atomic E-state index is 13.0. The van der Waals surface area contributed by atoms with Crippen molar-refractivity contribution < 1.29 is 80.2 Å². The Morgan fingerprint density at radius 2 is 0.561 bits per heavy atom. The number of phosphoric acid groups is 2. The number of rotatable bonds is 63. The van der Waals surface area contributed by atoms with E-state index in [0.717, 1.165) is 109 Å². The predicted octanol–water partition coefficient (Wildman–Crippen LogP) is 17.4. The van der Waals surface area contributed by atoms with E-state index in [1.807, 2.05) is 0 Å². The molecular formula is C63H122O17P2. The summed E-state index contributed by atoms with van der Waals surface area (Å²) < 4.78 is 67.8. The Kier molecular flexibility index (Phi) is 55.5. The Balaban J connectivity index is 5.21. The van der Waals surface area contributed by atoms with E-state index in [0.29, 0.717) is 25.7 Å². The smallest absolute Gasteiger partial charge is 0.462 e. The maximum Gasteiger partial charge on any atom is 0.472 e. The summed E-state index contributed by atoms with van der Waals surface area (Å²) in [7, 11) is -9.88. The zero-order chi connectivity index (χ0) is 60.6. The number of hydrogen-bond acceptors (Lipinski definition) is 15. The van der Waals surface area contributed by atoms with E-state index in [1.54, 1.807) is 0 Å². The van der Waals surface area contributed by atoms with E-state index in [2.05, 4.69) is 34.6 Å². The van der Waals surface area contributed by atoms with Gasteiger partial charge < -0.3 is 33.8 Å². The number of ether oxygens (including phenoxy) is 4. The van der Waals surface area contributed by atoms with Gasteiger partial charge in [-0.1, -0.05) is 266 Å². The fraction of sp³-hybridized carbons (Fsp3) is 0.937. The van der Waals surface area contributed by atoms with Crippen LogP contribution in [0.25, 0.3) is 0 Å². The Hall–Kier alpha value is -1.94. The van der Waals surface area contributed by atoms with Gasteiger partial charge in [0.2, 0.25) is 0 Å². The van der Waals surface area contributed by atoms with E-state index in [-0.39, 0.29) is 25.7 Å². The van der Waals surface area contributed by atoms with Gasteiger partial charge in [0.1, 0.15) is 19.3 Å². The molecule has 0 radical (unpaired) electrons. The second-order valence-electron chi connectivity index (χ2n) is 23.3. The molecule has 0 spiro atoms. The van der Waals surface area contributed by atoms with E-state index in [1.165, 1.54) is 128 Å². The van der Waals surface area contributed by atoms with E-state index >= 15 is 0 Å². The van der Waals surface area contributed by atoms with Gasteiger partial charge >= 0.3 is 39.5 Å². The SMILES string of the molecule is CCCCCCCCCCCCCCC(=O)OC[C@H](COP(=O)(O)OC[C@@H](O)COP(=O)(O)OC[C@@H](COC(=O)CCCCCCCCC)OC(=O)CCCCCCCCCCC)OC(=O)CCCCCCCCCCCCCC(C)C. The Morgan fingerprint density at radius 1 is 0.329 bits per heavy atom. The first-order valence-electron chi connectivity index (χ1n) is 33.1. The van der Waals surface area contributed by atoms with Crippen LogP contribution in [0.5, 0.6) is 0 Å². The second-order valence-corrected chi connectivity index (χ2v) is 26.2. The largest absolute Gasteiger partial charge is 0.472 e. The van der Waals surface area contributed by atoms with Crippen LogP contribution in [0.1, 0.15) is 317 Å². The molecule has 0 rings (SSSR count). The van der Waals surface area contributed by atoms with Crippen molar-refractivity contribution in [2.45, 2.75) is 335 Å². The van der Waals surface area contributed by atoms with Crippen molar-refractivity contribution in [1.29, 1.82) is 0 Å². The molecule has 2 unspecified atom stereocenters. The number of carbonyl (C=O) groups excluding carboxylic acids is 4. The zero-order valence-electron chi connectivity index (χ0n) is 52.6. The van der Waals surface area contributed by atoms with Crippen LogP contribution < -0.4 is 0 Å². The van der Waals surface area contributed by atoms with Gasteiger partial charge in [-0.3, -0.25) is 37.3 Å². The highest BCUT2D eigenvalue weighted by Crippen LogP contribution is 2.45. The fourth-order valence-corrected chi connectivity index (χ4v) is 11.0. The van der Waals surface area contributed by atoms with Gasteiger partial charge in [0.25, 0.3) is 0 Å². The van der Waals surface area contributed by atoms with Crippen LogP contribution in [0.3, 0.4) is 0 Å². The lowest BCUT2D eigenvalue weighted by atomic mass is 10.0. The molecule has 0 saturated heterocycles. The highest BCUT2D eigenvalue weighted by atomic mass is 31.2. The topological polar surface area (TPSA) is 237 Å². The quantitative estimate of drug-likeness (QED) is 0.0222. The van der Waals surface area contributed by atoms with Crippen LogP contribution in [-0.4, -0.2) is 96.7 Å². The van der Waals surface area contributed by atoms with Gasteiger partial charge in [0, 0.05) is 25.7 Å². The van der Waals surface area contributed by atoms with Crippen LogP contribution in [0.4, 0.5) is 0 Å². The molecule has 82 heavy (non-hydrogen) atoms. The summed E-state index contributed by atoms with van der Waals surface area (Å²) in [5.74, 6) is -1.37. The summed E-state index contributed by atoms with van der Waals surface area (Å²) in [4.78, 5) is 72.0. The van der Waals surface area contributed by atoms with Gasteiger partial charge in [-0.15, -0.1) is 0 Å². The van der Waals surface area contributed by atoms with Crippen LogP contribution >= 0.6 is 15.6 Å². The summed E-state index contributed by atoms with van der Waals surface area (Å²) in [5.41, 5.74) is 0. The Morgan fingerprint density at radius 3 is 0.829 bits per heavy atom. The van der Waals surface area contributed by atoms with Crippen LogP contribution in [0.2, 0.25) is 0 Å². The lowest BCUT2D eigenvalue weighted by Crippen LogP contribution is -2.30. The second kappa shape index (κ2) is 56.8. The van der Waals surface area contributed by atoms with Gasteiger partial charge in [0.15, 0.2) is 12.2 Å². The molecule has 0 bridgehead atoms. The molecule has 0 heterocycles. The van der Waals surface area contributed by atoms with Crippen LogP contribution in [0, 0.1) is 5.92 Å². The van der Waals surface area contributed by atoms with Gasteiger partial charge in [-0.05, 0) is 31.6 Å². The lowest BCUT2D eigenvalue weighted by Gasteiger charge is -2.21. The molecular weight excluding hydrogens is 1090 g/mol. The molecule has 3 N–H and O–H groups in total. The number of esters is 4. The zero-order valence-corrected chi connectivity index (χ0v) is 54.4. The Labute approximate surface area is 498 Å². The van der Waals surface area contributed by atoms with Crippen LogP contribution in [0.15, 0.2) is 0 Å². The molecule has 0 fully saturated rings. The van der Waals surface area contributed by atoms with Crippen molar-refractivity contribution in [3.63, 3.8) is 0 Å². The normalized spacial score (nSPS) is 14.3.